The summed E-state index contributed by atoms with van der Waals surface area (Å²) < 4.78 is 111. The van der Waals surface area contributed by atoms with E-state index in [2.05, 4.69) is 15.5 Å². The van der Waals surface area contributed by atoms with Crippen molar-refractivity contribution in [3.05, 3.63) is 65.0 Å². The number of carbonyl (C=O) groups excluding carboxylic acids is 1. The molecule has 4 rings (SSSR count). The normalized spacial score (nSPS) is 18.2. The van der Waals surface area contributed by atoms with Crippen LogP contribution in [0.25, 0.3) is 0 Å². The number of amides is 1. The fourth-order valence-electron chi connectivity index (χ4n) is 3.33. The van der Waals surface area contributed by atoms with Gasteiger partial charge in [0, 0.05) is 12.1 Å². The number of carbonyl (C=O) groups is 2. The lowest BCUT2D eigenvalue weighted by Crippen LogP contribution is -2.43. The Hall–Kier alpha value is -3.60. The Morgan fingerprint density at radius 3 is 2.08 bits per heavy atom. The van der Waals surface area contributed by atoms with Crippen LogP contribution in [-0.4, -0.2) is 44.3 Å². The molecule has 0 saturated carbocycles. The average molecular weight is 556 g/mol. The zero-order valence-corrected chi connectivity index (χ0v) is 18.9. The van der Waals surface area contributed by atoms with Crippen LogP contribution in [0.1, 0.15) is 22.7 Å². The van der Waals surface area contributed by atoms with Gasteiger partial charge in [0.25, 0.3) is 15.9 Å². The number of rotatable bonds is 4. The Balaban J connectivity index is 0.000000479. The molecule has 200 valence electrons. The highest BCUT2D eigenvalue weighted by atomic mass is 32.2. The molecule has 2 aromatic rings. The van der Waals surface area contributed by atoms with Gasteiger partial charge in [0.2, 0.25) is 0 Å². The van der Waals surface area contributed by atoms with Crippen molar-refractivity contribution in [3.8, 4) is 0 Å². The maximum Gasteiger partial charge on any atom is 0.490 e. The predicted molar refractivity (Wildman–Crippen MR) is 109 cm³/mol. The molecule has 0 unspecified atom stereocenters. The molecular formula is C20H15F7N4O5S. The first-order chi connectivity index (χ1) is 17.0. The van der Waals surface area contributed by atoms with Gasteiger partial charge in [0.05, 0.1) is 4.90 Å². The molecule has 0 saturated heterocycles. The van der Waals surface area contributed by atoms with Gasteiger partial charge in [0.15, 0.2) is 0 Å². The summed E-state index contributed by atoms with van der Waals surface area (Å²) in [5, 5.41) is 16.1. The van der Waals surface area contributed by atoms with E-state index in [9.17, 15) is 43.9 Å². The number of hydrogen-bond donors (Lipinski definition) is 3. The van der Waals surface area contributed by atoms with Crippen LogP contribution in [0.15, 0.2) is 57.6 Å². The third-order valence-electron chi connectivity index (χ3n) is 5.16. The second-order valence-electron chi connectivity index (χ2n) is 7.65. The lowest BCUT2D eigenvalue weighted by molar-refractivity contribution is -0.192. The molecule has 0 spiro atoms. The predicted octanol–water partition coefficient (Wildman–Crippen LogP) is 3.33. The summed E-state index contributed by atoms with van der Waals surface area (Å²) in [5.41, 5.74) is -1.95. The summed E-state index contributed by atoms with van der Waals surface area (Å²) in [6.07, 6.45) is -9.34. The lowest BCUT2D eigenvalue weighted by atomic mass is 9.94. The maximum atomic E-state index is 13.4. The molecule has 0 aromatic heterocycles. The van der Waals surface area contributed by atoms with Crippen molar-refractivity contribution in [1.29, 1.82) is 0 Å². The molecule has 0 radical (unpaired) electrons. The number of carboxylic acid groups (broad SMARTS) is 1. The summed E-state index contributed by atoms with van der Waals surface area (Å²) in [6, 6.07) is 6.63. The smallest absolute Gasteiger partial charge is 0.475 e. The zero-order chi connectivity index (χ0) is 27.8. The fourth-order valence-corrected chi connectivity index (χ4v) is 4.32. The van der Waals surface area contributed by atoms with Crippen molar-refractivity contribution in [3.63, 3.8) is 0 Å². The Morgan fingerprint density at radius 2 is 1.59 bits per heavy atom. The van der Waals surface area contributed by atoms with Crippen LogP contribution in [0, 0.1) is 5.82 Å². The van der Waals surface area contributed by atoms with Gasteiger partial charge in [-0.2, -0.15) is 26.3 Å². The first-order valence-corrected chi connectivity index (χ1v) is 11.5. The number of hydrogen-bond acceptors (Lipinski definition) is 7. The molecule has 37 heavy (non-hydrogen) atoms. The quantitative estimate of drug-likeness (QED) is 0.495. The van der Waals surface area contributed by atoms with Crippen LogP contribution < -0.4 is 10.0 Å². The number of alkyl halides is 6. The molecule has 1 amide bonds. The van der Waals surface area contributed by atoms with Crippen LogP contribution in [0.5, 0.6) is 0 Å². The van der Waals surface area contributed by atoms with Gasteiger partial charge >= 0.3 is 24.0 Å². The minimum atomic E-state index is -5.08. The Kier molecular flexibility index (Phi) is 7.33. The number of benzene rings is 2. The highest BCUT2D eigenvalue weighted by Gasteiger charge is 2.65. The molecule has 2 aromatic carbocycles. The van der Waals surface area contributed by atoms with Gasteiger partial charge in [-0.25, -0.2) is 22.3 Å². The third kappa shape index (κ3) is 6.04. The number of nitrogens with zero attached hydrogens (tertiary/aromatic N) is 2. The van der Waals surface area contributed by atoms with Gasteiger partial charge in [-0.3, -0.25) is 4.79 Å². The molecular weight excluding hydrogens is 541 g/mol. The van der Waals surface area contributed by atoms with E-state index in [0.29, 0.717) is 24.1 Å². The van der Waals surface area contributed by atoms with E-state index < -0.39 is 56.7 Å². The second kappa shape index (κ2) is 9.70. The van der Waals surface area contributed by atoms with Crippen molar-refractivity contribution >= 4 is 21.9 Å². The topological polar surface area (TPSA) is 137 Å². The molecule has 1 atom stereocenters. The maximum absolute atomic E-state index is 13.4. The largest absolute Gasteiger partial charge is 0.490 e. The van der Waals surface area contributed by atoms with Gasteiger partial charge in [-0.05, 0) is 41.8 Å². The molecule has 9 nitrogen and oxygen atoms in total. The standard InChI is InChI=1S/C18H14F4N4O3S.C2HF3O2/c19-12-3-6-14-10(9-12)7-8-23-15(14)16(27)24-30(28,29)13-4-1-11(2-5-13)17(25-26-17)18(20,21)22;3-2(4,5)1(6)7/h1-6,9,15,23H,7-8H2,(H,24,27);(H,6,7)/t15-;/m0./s1. The van der Waals surface area contributed by atoms with Crippen molar-refractivity contribution in [2.24, 2.45) is 10.2 Å². The summed E-state index contributed by atoms with van der Waals surface area (Å²) in [4.78, 5) is 21.1. The highest BCUT2D eigenvalue weighted by molar-refractivity contribution is 7.90. The number of nitrogens with one attached hydrogen (secondary N) is 2. The molecule has 17 heteroatoms. The number of sulfonamides is 1. The third-order valence-corrected chi connectivity index (χ3v) is 6.52. The minimum Gasteiger partial charge on any atom is -0.475 e. The van der Waals surface area contributed by atoms with Gasteiger partial charge < -0.3 is 10.4 Å². The van der Waals surface area contributed by atoms with E-state index in [4.69, 9.17) is 9.90 Å². The van der Waals surface area contributed by atoms with Crippen LogP contribution >= 0.6 is 0 Å². The van der Waals surface area contributed by atoms with E-state index in [0.717, 1.165) is 24.3 Å². The van der Waals surface area contributed by atoms with Crippen molar-refractivity contribution in [2.45, 2.75) is 35.4 Å². The molecule has 3 N–H and O–H groups in total. The van der Waals surface area contributed by atoms with E-state index in [-0.39, 0.29) is 5.56 Å². The van der Waals surface area contributed by atoms with Crippen LogP contribution in [-0.2, 0) is 31.7 Å². The number of carboxylic acids is 1. The van der Waals surface area contributed by atoms with Gasteiger partial charge in [-0.1, -0.05) is 18.2 Å². The Labute approximate surface area is 203 Å². The average Bonchev–Trinajstić information content (AvgIpc) is 3.60. The van der Waals surface area contributed by atoms with Crippen LogP contribution in [0.4, 0.5) is 30.7 Å². The molecule has 2 heterocycles. The summed E-state index contributed by atoms with van der Waals surface area (Å²) in [5.74, 6) is -4.11. The number of aliphatic carboxylic acids is 1. The molecule has 2 aliphatic heterocycles. The van der Waals surface area contributed by atoms with E-state index in [1.165, 1.54) is 18.2 Å². The first-order valence-electron chi connectivity index (χ1n) is 9.98. The van der Waals surface area contributed by atoms with Crippen LogP contribution in [0.2, 0.25) is 0 Å². The van der Waals surface area contributed by atoms with Crippen molar-refractivity contribution in [1.82, 2.24) is 10.0 Å². The van der Waals surface area contributed by atoms with Crippen molar-refractivity contribution in [2.75, 3.05) is 6.54 Å². The zero-order valence-electron chi connectivity index (χ0n) is 18.1. The second-order valence-corrected chi connectivity index (χ2v) is 9.33. The van der Waals surface area contributed by atoms with Gasteiger partial charge in [-0.15, -0.1) is 10.2 Å². The SMILES string of the molecule is O=C(NS(=O)(=O)c1ccc(C2(C(F)(F)F)N=N2)cc1)[C@H]1NCCc2cc(F)ccc21.O=C(O)C(F)(F)F. The summed E-state index contributed by atoms with van der Waals surface area (Å²) >= 11 is 0. The van der Waals surface area contributed by atoms with Gasteiger partial charge in [0.1, 0.15) is 11.9 Å². The molecule has 0 fully saturated rings. The van der Waals surface area contributed by atoms with Crippen LogP contribution in [0.3, 0.4) is 0 Å². The molecule has 0 aliphatic carbocycles. The fraction of sp³-hybridized carbons (Fsp3) is 0.300. The first kappa shape index (κ1) is 28.0. The highest BCUT2D eigenvalue weighted by Crippen LogP contribution is 2.52. The summed E-state index contributed by atoms with van der Waals surface area (Å²) in [6.45, 7) is 0.343. The summed E-state index contributed by atoms with van der Waals surface area (Å²) in [7, 11) is -4.35. The Morgan fingerprint density at radius 1 is 1.03 bits per heavy atom. The van der Waals surface area contributed by atoms with E-state index in [1.54, 1.807) is 0 Å². The van der Waals surface area contributed by atoms with E-state index >= 15 is 0 Å². The molecule has 0 bridgehead atoms. The lowest BCUT2D eigenvalue weighted by Gasteiger charge is -2.26. The monoisotopic (exact) mass is 556 g/mol. The molecule has 2 aliphatic rings. The van der Waals surface area contributed by atoms with E-state index in [1.807, 2.05) is 4.72 Å². The number of halogens is 7. The minimum absolute atomic E-state index is 0.329. The Bertz CT molecular complexity index is 1340. The number of fused-ring (bicyclic) bond motifs is 1. The van der Waals surface area contributed by atoms with Crippen molar-refractivity contribution < 1.29 is 53.8 Å².